The first-order chi connectivity index (χ1) is 8.21. The van der Waals surface area contributed by atoms with Crippen molar-refractivity contribution in [3.8, 4) is 0 Å². The van der Waals surface area contributed by atoms with Gasteiger partial charge in [0.15, 0.2) is 0 Å². The number of rotatable bonds is 2. The molecule has 0 bridgehead atoms. The second kappa shape index (κ2) is 5.35. The average molecular weight is 315 g/mol. The third-order valence-corrected chi connectivity index (χ3v) is 4.36. The van der Waals surface area contributed by atoms with Crippen molar-refractivity contribution < 1.29 is 28.8 Å². The van der Waals surface area contributed by atoms with Gasteiger partial charge in [-0.05, 0) is 11.5 Å². The summed E-state index contributed by atoms with van der Waals surface area (Å²) in [6.45, 7) is 0. The zero-order valence-electron chi connectivity index (χ0n) is 11.5. The Morgan fingerprint density at radius 3 is 1.95 bits per heavy atom. The van der Waals surface area contributed by atoms with Crippen LogP contribution in [-0.4, -0.2) is 49.0 Å². The topological polar surface area (TPSA) is 109 Å². The minimum atomic E-state index is -4.78. The monoisotopic (exact) mass is 314 g/mol. The summed E-state index contributed by atoms with van der Waals surface area (Å²) in [6.07, 6.45) is 0. The number of benzene rings is 2. The Labute approximate surface area is 129 Å². The van der Waals surface area contributed by atoms with Gasteiger partial charge in [0.2, 0.25) is 0 Å². The molecule has 0 atom stereocenters. The van der Waals surface area contributed by atoms with Crippen LogP contribution < -0.4 is 0 Å². The molecule has 2 aromatic rings. The molecule has 0 aliphatic carbocycles. The number of hydrogen-bond donors (Lipinski definition) is 2. The zero-order chi connectivity index (χ0) is 13.6. The molecule has 0 fully saturated rings. The molecule has 0 saturated heterocycles. The summed E-state index contributed by atoms with van der Waals surface area (Å²) in [4.78, 5) is -1.66. The van der Waals surface area contributed by atoms with Crippen molar-refractivity contribution in [3.05, 3.63) is 36.4 Å². The van der Waals surface area contributed by atoms with Gasteiger partial charge in [-0.3, -0.25) is 9.11 Å². The Morgan fingerprint density at radius 2 is 1.42 bits per heavy atom. The predicted molar refractivity (Wildman–Crippen MR) is 71.6 cm³/mol. The van der Waals surface area contributed by atoms with Crippen molar-refractivity contribution in [2.24, 2.45) is 0 Å². The van der Waals surface area contributed by atoms with E-state index in [1.165, 1.54) is 18.2 Å². The van der Waals surface area contributed by atoms with E-state index in [0.29, 0.717) is 5.39 Å². The van der Waals surface area contributed by atoms with Gasteiger partial charge < -0.3 is 2.85 Å². The van der Waals surface area contributed by atoms with Gasteiger partial charge in [-0.15, -0.1) is 0 Å². The summed E-state index contributed by atoms with van der Waals surface area (Å²) in [5, 5.41) is 0.452. The number of hydrogen-bond acceptors (Lipinski definition) is 4. The summed E-state index contributed by atoms with van der Waals surface area (Å²) in [7, 11) is -9.53. The average Bonchev–Trinajstić information content (AvgIpc) is 2.24. The van der Waals surface area contributed by atoms with Gasteiger partial charge in [0.05, 0.1) is 0 Å². The van der Waals surface area contributed by atoms with Crippen molar-refractivity contribution >= 4 is 54.1 Å². The third-order valence-electron chi connectivity index (χ3n) is 2.38. The van der Waals surface area contributed by atoms with Gasteiger partial charge in [-0.1, -0.05) is 30.3 Å². The van der Waals surface area contributed by atoms with Gasteiger partial charge in [0.1, 0.15) is 9.79 Å². The molecule has 0 spiro atoms. The van der Waals surface area contributed by atoms with Crippen LogP contribution in [0.5, 0.6) is 0 Å². The zero-order valence-corrected chi connectivity index (χ0v) is 12.6. The van der Waals surface area contributed by atoms with Gasteiger partial charge in [0.25, 0.3) is 20.2 Å². The minimum Gasteiger partial charge on any atom is -1.00 e. The molecule has 2 rings (SSSR count). The molecule has 19 heavy (non-hydrogen) atoms. The van der Waals surface area contributed by atoms with Gasteiger partial charge in [-0.25, -0.2) is 0 Å². The molecular weight excluding hydrogens is 305 g/mol. The van der Waals surface area contributed by atoms with Crippen LogP contribution in [0.2, 0.25) is 0 Å². The van der Waals surface area contributed by atoms with E-state index < -0.39 is 30.0 Å². The summed E-state index contributed by atoms with van der Waals surface area (Å²) in [5.41, 5.74) is 0. The molecule has 0 radical (unpaired) electrons. The minimum absolute atomic E-state index is 0. The standard InChI is InChI=1S/C10H8O6S2.Mg.2H/c11-17(12,13)9-6-5-7-3-1-2-4-8(7)10(9)18(14,15)16;;;/h1-6H,(H,11,12,13)(H,14,15,16);;;/q;+2;2*-1. The maximum atomic E-state index is 11.3. The Hall–Kier alpha value is -0.714. The Kier molecular flexibility index (Phi) is 4.60. The molecule has 0 amide bonds. The fourth-order valence-corrected chi connectivity index (χ4v) is 3.69. The first-order valence-electron chi connectivity index (χ1n) is 4.68. The first-order valence-corrected chi connectivity index (χ1v) is 7.56. The predicted octanol–water partition coefficient (Wildman–Crippen LogP) is 1.18. The van der Waals surface area contributed by atoms with Crippen LogP contribution in [0, 0.1) is 0 Å². The maximum absolute atomic E-state index is 11.3. The summed E-state index contributed by atoms with van der Waals surface area (Å²) in [6, 6.07) is 8.28. The van der Waals surface area contributed by atoms with Crippen molar-refractivity contribution in [2.45, 2.75) is 9.79 Å². The maximum Gasteiger partial charge on any atom is 2.00 e. The molecule has 100 valence electrons. The third kappa shape index (κ3) is 3.24. The molecule has 0 aliphatic heterocycles. The first kappa shape index (κ1) is 16.3. The molecule has 0 aliphatic rings. The SMILES string of the molecule is O=S(=O)(O)c1ccc2ccccc2c1S(=O)(=O)O.[H-].[H-].[Mg+2]. The summed E-state index contributed by atoms with van der Waals surface area (Å²) >= 11 is 0. The molecule has 0 heterocycles. The van der Waals surface area contributed by atoms with Crippen LogP contribution in [0.3, 0.4) is 0 Å². The fraction of sp³-hybridized carbons (Fsp3) is 0. The second-order valence-electron chi connectivity index (χ2n) is 3.56. The van der Waals surface area contributed by atoms with Crippen LogP contribution in [0.1, 0.15) is 2.85 Å². The fourth-order valence-electron chi connectivity index (χ4n) is 1.69. The van der Waals surface area contributed by atoms with E-state index in [9.17, 15) is 16.8 Å². The molecule has 6 nitrogen and oxygen atoms in total. The van der Waals surface area contributed by atoms with Gasteiger partial charge in [-0.2, -0.15) is 16.8 Å². The van der Waals surface area contributed by atoms with E-state index in [0.717, 1.165) is 6.07 Å². The van der Waals surface area contributed by atoms with E-state index in [-0.39, 0.29) is 31.3 Å². The van der Waals surface area contributed by atoms with Crippen molar-refractivity contribution in [1.29, 1.82) is 0 Å². The molecule has 2 aromatic carbocycles. The Morgan fingerprint density at radius 1 is 0.842 bits per heavy atom. The van der Waals surface area contributed by atoms with E-state index in [1.54, 1.807) is 12.1 Å². The molecule has 2 N–H and O–H groups in total. The number of fused-ring (bicyclic) bond motifs is 1. The Balaban J connectivity index is 0. The van der Waals surface area contributed by atoms with E-state index in [2.05, 4.69) is 0 Å². The van der Waals surface area contributed by atoms with E-state index >= 15 is 0 Å². The van der Waals surface area contributed by atoms with Crippen molar-refractivity contribution in [1.82, 2.24) is 0 Å². The molecule has 0 saturated carbocycles. The van der Waals surface area contributed by atoms with E-state index in [4.69, 9.17) is 9.11 Å². The van der Waals surface area contributed by atoms with Crippen molar-refractivity contribution in [2.75, 3.05) is 0 Å². The van der Waals surface area contributed by atoms with Crippen LogP contribution >= 0.6 is 0 Å². The van der Waals surface area contributed by atoms with Crippen LogP contribution in [0.15, 0.2) is 46.2 Å². The molecule has 9 heteroatoms. The van der Waals surface area contributed by atoms with Gasteiger partial charge >= 0.3 is 23.1 Å². The molecule has 0 unspecified atom stereocenters. The van der Waals surface area contributed by atoms with E-state index in [1.807, 2.05) is 0 Å². The largest absolute Gasteiger partial charge is 2.00 e. The van der Waals surface area contributed by atoms with Crippen LogP contribution in [0.25, 0.3) is 10.8 Å². The second-order valence-corrected chi connectivity index (χ2v) is 6.31. The van der Waals surface area contributed by atoms with Crippen LogP contribution in [-0.2, 0) is 20.2 Å². The molecule has 0 aromatic heterocycles. The normalized spacial score (nSPS) is 12.1. The smallest absolute Gasteiger partial charge is 1.00 e. The van der Waals surface area contributed by atoms with Gasteiger partial charge in [0, 0.05) is 5.39 Å². The molecular formula is C10H10MgO6S2. The van der Waals surface area contributed by atoms with Crippen LogP contribution in [0.4, 0.5) is 0 Å². The summed E-state index contributed by atoms with van der Waals surface area (Å²) in [5.74, 6) is 0. The van der Waals surface area contributed by atoms with Crippen molar-refractivity contribution in [3.63, 3.8) is 0 Å². The quantitative estimate of drug-likeness (QED) is 0.636. The Bertz CT molecular complexity index is 836. The summed E-state index contributed by atoms with van der Waals surface area (Å²) < 4.78 is 63.0.